The van der Waals surface area contributed by atoms with E-state index in [9.17, 15) is 26.7 Å². The molecule has 2 radical (unpaired) electrons. The van der Waals surface area contributed by atoms with Crippen LogP contribution in [0.15, 0.2) is 0 Å². The molecule has 21 heavy (non-hydrogen) atoms. The summed E-state index contributed by atoms with van der Waals surface area (Å²) in [6, 6.07) is 0. The maximum absolute atomic E-state index is 14.0. The highest BCUT2D eigenvalue weighted by Gasteiger charge is 2.74. The van der Waals surface area contributed by atoms with Crippen molar-refractivity contribution in [2.24, 2.45) is 0 Å². The van der Waals surface area contributed by atoms with Gasteiger partial charge >= 0.3 is 12.1 Å². The fourth-order valence-corrected chi connectivity index (χ4v) is 2.85. The zero-order chi connectivity index (χ0) is 15.7. The Hall–Kier alpha value is -0.720. The fraction of sp³-hybridized carbons (Fsp3) is 0.786. The van der Waals surface area contributed by atoms with Gasteiger partial charge in [0.05, 0.1) is 6.10 Å². The van der Waals surface area contributed by atoms with Crippen LogP contribution in [0.1, 0.15) is 44.9 Å². The van der Waals surface area contributed by atoms with Crippen molar-refractivity contribution in [2.75, 3.05) is 0 Å². The van der Waals surface area contributed by atoms with E-state index in [-0.39, 0.29) is 19.3 Å². The van der Waals surface area contributed by atoms with Crippen LogP contribution >= 0.6 is 0 Å². The minimum atomic E-state index is -5.82. The van der Waals surface area contributed by atoms with E-state index in [0.29, 0.717) is 25.7 Å². The zero-order valence-electron chi connectivity index (χ0n) is 11.4. The van der Waals surface area contributed by atoms with Gasteiger partial charge in [0.15, 0.2) is 5.78 Å². The highest BCUT2D eigenvalue weighted by molar-refractivity contribution is 5.91. The molecular weight excluding hydrogens is 295 g/mol. The Labute approximate surface area is 120 Å². The number of hydrogen-bond acceptors (Lipinski definition) is 2. The van der Waals surface area contributed by atoms with Gasteiger partial charge < -0.3 is 4.74 Å². The Balaban J connectivity index is 2.32. The van der Waals surface area contributed by atoms with Crippen molar-refractivity contribution in [3.63, 3.8) is 0 Å². The Kier molecular flexibility index (Phi) is 4.61. The van der Waals surface area contributed by atoms with Gasteiger partial charge in [-0.15, -0.1) is 0 Å². The highest BCUT2D eigenvalue weighted by atomic mass is 19.4. The molecule has 0 aromatic rings. The molecule has 2 nitrogen and oxygen atoms in total. The number of alkyl halides is 5. The maximum Gasteiger partial charge on any atom is 0.456 e. The SMILES string of the molecule is O=C1CCC[CH]C1(OC1CC[CH]CC1)C(F)(F)C(F)(F)F. The van der Waals surface area contributed by atoms with Crippen molar-refractivity contribution in [1.29, 1.82) is 0 Å². The van der Waals surface area contributed by atoms with Crippen molar-refractivity contribution >= 4 is 5.78 Å². The van der Waals surface area contributed by atoms with E-state index in [4.69, 9.17) is 4.74 Å². The molecule has 0 amide bonds. The Bertz CT molecular complexity index is 387. The second-order valence-corrected chi connectivity index (χ2v) is 5.51. The molecule has 2 fully saturated rings. The molecule has 2 saturated carbocycles. The summed E-state index contributed by atoms with van der Waals surface area (Å²) < 4.78 is 71.4. The quantitative estimate of drug-likeness (QED) is 0.735. The molecule has 0 aromatic carbocycles. The van der Waals surface area contributed by atoms with E-state index in [1.54, 1.807) is 0 Å². The largest absolute Gasteiger partial charge is 0.456 e. The van der Waals surface area contributed by atoms with Crippen LogP contribution < -0.4 is 0 Å². The number of halogens is 5. The molecular formula is C14H17F5O2. The molecule has 0 saturated heterocycles. The number of ether oxygens (including phenoxy) is 1. The molecule has 2 aliphatic rings. The van der Waals surface area contributed by atoms with Crippen LogP contribution in [-0.2, 0) is 9.53 Å². The van der Waals surface area contributed by atoms with Gasteiger partial charge in [-0.1, -0.05) is 0 Å². The predicted octanol–water partition coefficient (Wildman–Crippen LogP) is 4.04. The lowest BCUT2D eigenvalue weighted by Gasteiger charge is -2.44. The number of carbonyl (C=O) groups is 1. The first-order valence-electron chi connectivity index (χ1n) is 7.02. The van der Waals surface area contributed by atoms with Crippen molar-refractivity contribution in [1.82, 2.24) is 0 Å². The van der Waals surface area contributed by atoms with Crippen molar-refractivity contribution < 1.29 is 31.5 Å². The van der Waals surface area contributed by atoms with Crippen molar-refractivity contribution in [3.8, 4) is 0 Å². The molecule has 120 valence electrons. The first kappa shape index (κ1) is 16.6. The minimum absolute atomic E-state index is 0.0102. The summed E-state index contributed by atoms with van der Waals surface area (Å²) >= 11 is 0. The summed E-state index contributed by atoms with van der Waals surface area (Å²) in [5, 5.41) is 0. The maximum atomic E-state index is 14.0. The normalized spacial score (nSPS) is 29.7. The van der Waals surface area contributed by atoms with E-state index in [1.165, 1.54) is 0 Å². The Morgan fingerprint density at radius 1 is 1.10 bits per heavy atom. The summed E-state index contributed by atoms with van der Waals surface area (Å²) in [5.74, 6) is -6.39. The summed E-state index contributed by atoms with van der Waals surface area (Å²) in [4.78, 5) is 11.9. The number of ketones is 1. The average Bonchev–Trinajstić information content (AvgIpc) is 2.41. The Morgan fingerprint density at radius 3 is 2.24 bits per heavy atom. The van der Waals surface area contributed by atoms with E-state index >= 15 is 0 Å². The second-order valence-electron chi connectivity index (χ2n) is 5.51. The molecule has 0 aliphatic heterocycles. The third-order valence-electron chi connectivity index (χ3n) is 4.01. The Morgan fingerprint density at radius 2 is 1.71 bits per heavy atom. The molecule has 0 bridgehead atoms. The molecule has 0 aromatic heterocycles. The third-order valence-corrected chi connectivity index (χ3v) is 4.01. The van der Waals surface area contributed by atoms with Gasteiger partial charge in [-0.3, -0.25) is 4.79 Å². The van der Waals surface area contributed by atoms with Gasteiger partial charge in [0, 0.05) is 12.8 Å². The molecule has 0 spiro atoms. The molecule has 0 N–H and O–H groups in total. The number of Topliss-reactive ketones (excluding diaryl/α,β-unsaturated/α-hetero) is 1. The molecule has 1 unspecified atom stereocenters. The first-order chi connectivity index (χ1) is 9.71. The van der Waals surface area contributed by atoms with E-state index < -0.39 is 29.6 Å². The summed E-state index contributed by atoms with van der Waals surface area (Å²) in [5.41, 5.74) is -3.16. The lowest BCUT2D eigenvalue weighted by atomic mass is 9.77. The van der Waals surface area contributed by atoms with Gasteiger partial charge in [0.1, 0.15) is 0 Å². The van der Waals surface area contributed by atoms with E-state index in [0.717, 1.165) is 6.42 Å². The van der Waals surface area contributed by atoms with E-state index in [2.05, 4.69) is 0 Å². The van der Waals surface area contributed by atoms with Gasteiger partial charge in [-0.2, -0.15) is 22.0 Å². The van der Waals surface area contributed by atoms with Gasteiger partial charge in [0.25, 0.3) is 0 Å². The monoisotopic (exact) mass is 312 g/mol. The molecule has 1 atom stereocenters. The molecule has 7 heteroatoms. The molecule has 0 heterocycles. The predicted molar refractivity (Wildman–Crippen MR) is 64.5 cm³/mol. The standard InChI is InChI=1S/C14H17F5O2/c15-13(16,14(17,18)19)12(9-5-4-8-11(12)20)21-10-6-2-1-3-7-10/h1,9-10H,2-8H2. The van der Waals surface area contributed by atoms with Gasteiger partial charge in [0.2, 0.25) is 5.60 Å². The van der Waals surface area contributed by atoms with Crippen LogP contribution in [0.2, 0.25) is 0 Å². The van der Waals surface area contributed by atoms with Crippen LogP contribution in [0.4, 0.5) is 22.0 Å². The van der Waals surface area contributed by atoms with Crippen LogP contribution in [0.5, 0.6) is 0 Å². The molecule has 2 rings (SSSR count). The average molecular weight is 312 g/mol. The fourth-order valence-electron chi connectivity index (χ4n) is 2.85. The lowest BCUT2D eigenvalue weighted by molar-refractivity contribution is -0.340. The second kappa shape index (κ2) is 5.82. The number of carbonyl (C=O) groups excluding carboxylic acids is 1. The smallest absolute Gasteiger partial charge is 0.357 e. The first-order valence-corrected chi connectivity index (χ1v) is 7.02. The summed E-state index contributed by atoms with van der Waals surface area (Å²) in [6.45, 7) is 0. The van der Waals surface area contributed by atoms with Crippen molar-refractivity contribution in [3.05, 3.63) is 12.8 Å². The lowest BCUT2D eigenvalue weighted by Crippen LogP contribution is -2.65. The van der Waals surface area contributed by atoms with Crippen molar-refractivity contribution in [2.45, 2.75) is 68.7 Å². The summed E-state index contributed by atoms with van der Waals surface area (Å²) in [7, 11) is 0. The van der Waals surface area contributed by atoms with Gasteiger partial charge in [-0.05, 0) is 44.9 Å². The van der Waals surface area contributed by atoms with Crippen LogP contribution in [0, 0.1) is 12.8 Å². The molecule has 2 aliphatic carbocycles. The summed E-state index contributed by atoms with van der Waals surface area (Å²) in [6.07, 6.45) is -2.05. The van der Waals surface area contributed by atoms with Crippen LogP contribution in [0.3, 0.4) is 0 Å². The van der Waals surface area contributed by atoms with Crippen LogP contribution in [-0.4, -0.2) is 29.6 Å². The topological polar surface area (TPSA) is 26.3 Å². The zero-order valence-corrected chi connectivity index (χ0v) is 11.4. The highest BCUT2D eigenvalue weighted by Crippen LogP contribution is 2.50. The minimum Gasteiger partial charge on any atom is -0.357 e. The van der Waals surface area contributed by atoms with E-state index in [1.807, 2.05) is 6.42 Å². The number of rotatable bonds is 3. The number of hydrogen-bond donors (Lipinski definition) is 0. The van der Waals surface area contributed by atoms with Crippen LogP contribution in [0.25, 0.3) is 0 Å². The van der Waals surface area contributed by atoms with Gasteiger partial charge in [-0.25, -0.2) is 0 Å². The third kappa shape index (κ3) is 2.94.